The Morgan fingerprint density at radius 3 is 2.61 bits per heavy atom. The Bertz CT molecular complexity index is 1130. The summed E-state index contributed by atoms with van der Waals surface area (Å²) >= 11 is 0. The van der Waals surface area contributed by atoms with E-state index in [1.54, 1.807) is 24.3 Å². The van der Waals surface area contributed by atoms with E-state index in [4.69, 9.17) is 10.1 Å². The average Bonchev–Trinajstić information content (AvgIpc) is 3.56. The molecule has 0 amide bonds. The molecule has 4 rings (SSSR count). The molecule has 1 aliphatic rings. The van der Waals surface area contributed by atoms with E-state index in [2.05, 4.69) is 0 Å². The first-order valence-electron chi connectivity index (χ1n) is 10.3. The van der Waals surface area contributed by atoms with Crippen molar-refractivity contribution in [2.24, 2.45) is 0 Å². The number of aromatic nitrogens is 2. The van der Waals surface area contributed by atoms with Crippen LogP contribution in [0.25, 0.3) is 23.0 Å². The summed E-state index contributed by atoms with van der Waals surface area (Å²) in [6.07, 6.45) is 4.61. The van der Waals surface area contributed by atoms with Crippen LogP contribution in [0.2, 0.25) is 0 Å². The summed E-state index contributed by atoms with van der Waals surface area (Å²) in [5.74, 6) is -1.12. The highest BCUT2D eigenvalue weighted by Crippen LogP contribution is 2.42. The topological polar surface area (TPSA) is 94.8 Å². The van der Waals surface area contributed by atoms with Crippen molar-refractivity contribution in [2.75, 3.05) is 0 Å². The maximum atomic E-state index is 13.6. The van der Waals surface area contributed by atoms with Gasteiger partial charge in [-0.05, 0) is 54.2 Å². The van der Waals surface area contributed by atoms with Crippen molar-refractivity contribution in [3.05, 3.63) is 71.8 Å². The summed E-state index contributed by atoms with van der Waals surface area (Å²) in [6.45, 7) is 0. The van der Waals surface area contributed by atoms with Gasteiger partial charge in [-0.2, -0.15) is 4.40 Å². The molecular formula is C24H24FN2O4+. The third-order valence-corrected chi connectivity index (χ3v) is 5.34. The molecule has 1 aliphatic carbocycles. The van der Waals surface area contributed by atoms with Crippen molar-refractivity contribution in [1.29, 1.82) is 0 Å². The molecule has 0 saturated heterocycles. The van der Waals surface area contributed by atoms with Crippen molar-refractivity contribution in [2.45, 2.75) is 43.8 Å². The SMILES string of the molecule is O=C(O)C[C@H](O)C[C@H](O)/C=C/c1c(C2CC2)nc2cccc[n+]2c1-c1ccc(F)cc1. The van der Waals surface area contributed by atoms with Crippen LogP contribution in [-0.2, 0) is 4.79 Å². The predicted octanol–water partition coefficient (Wildman–Crippen LogP) is 3.10. The smallest absolute Gasteiger partial charge is 0.328 e. The van der Waals surface area contributed by atoms with Gasteiger partial charge in [-0.1, -0.05) is 12.1 Å². The molecule has 1 aromatic carbocycles. The van der Waals surface area contributed by atoms with Gasteiger partial charge in [-0.15, -0.1) is 0 Å². The second-order valence-electron chi connectivity index (χ2n) is 7.88. The Labute approximate surface area is 179 Å². The van der Waals surface area contributed by atoms with Gasteiger partial charge in [-0.25, -0.2) is 4.39 Å². The average molecular weight is 423 g/mol. The number of aliphatic carboxylic acids is 1. The van der Waals surface area contributed by atoms with E-state index in [9.17, 15) is 19.4 Å². The standard InChI is InChI=1S/C24H23FN2O4/c25-17-8-6-16(7-9-17)24-20(11-10-18(28)13-19(29)14-22(30)31)23(15-4-5-15)26-21-3-1-2-12-27(21)24/h1-3,6-12,15,18-19,28-29H,4-5,13-14H2/p+1/b11-10+/t18-,19-/m1/s1. The molecule has 2 aromatic heterocycles. The van der Waals surface area contributed by atoms with Crippen LogP contribution in [0.15, 0.2) is 54.7 Å². The van der Waals surface area contributed by atoms with Gasteiger partial charge in [0.1, 0.15) is 5.82 Å². The molecule has 0 unspecified atom stereocenters. The zero-order valence-electron chi connectivity index (χ0n) is 16.9. The van der Waals surface area contributed by atoms with Crippen LogP contribution in [0, 0.1) is 5.82 Å². The highest BCUT2D eigenvalue weighted by atomic mass is 19.1. The molecule has 0 radical (unpaired) electrons. The molecule has 0 spiro atoms. The molecule has 7 heteroatoms. The van der Waals surface area contributed by atoms with Crippen LogP contribution in [-0.4, -0.2) is 38.5 Å². The molecule has 0 aliphatic heterocycles. The highest BCUT2D eigenvalue weighted by Gasteiger charge is 2.34. The molecule has 2 heterocycles. The fraction of sp³-hybridized carbons (Fsp3) is 0.292. The number of carboxylic acids is 1. The van der Waals surface area contributed by atoms with Gasteiger partial charge in [0.15, 0.2) is 11.4 Å². The van der Waals surface area contributed by atoms with Crippen molar-refractivity contribution < 1.29 is 28.9 Å². The fourth-order valence-corrected chi connectivity index (χ4v) is 3.73. The number of benzene rings is 1. The second kappa shape index (κ2) is 8.91. The van der Waals surface area contributed by atoms with Crippen molar-refractivity contribution in [3.63, 3.8) is 0 Å². The van der Waals surface area contributed by atoms with Crippen LogP contribution < -0.4 is 4.40 Å². The lowest BCUT2D eigenvalue weighted by Crippen LogP contribution is -2.28. The van der Waals surface area contributed by atoms with E-state index < -0.39 is 24.6 Å². The summed E-state index contributed by atoms with van der Waals surface area (Å²) in [7, 11) is 0. The van der Waals surface area contributed by atoms with Gasteiger partial charge in [-0.3, -0.25) is 4.79 Å². The minimum absolute atomic E-state index is 0.0817. The van der Waals surface area contributed by atoms with Crippen LogP contribution >= 0.6 is 0 Å². The summed E-state index contributed by atoms with van der Waals surface area (Å²) in [5, 5.41) is 28.9. The number of fused-ring (bicyclic) bond motifs is 1. The normalized spacial score (nSPS) is 16.0. The van der Waals surface area contributed by atoms with Crippen LogP contribution in [0.4, 0.5) is 4.39 Å². The fourth-order valence-electron chi connectivity index (χ4n) is 3.73. The number of pyridine rings is 1. The van der Waals surface area contributed by atoms with Crippen LogP contribution in [0.1, 0.15) is 42.9 Å². The van der Waals surface area contributed by atoms with Crippen LogP contribution in [0.3, 0.4) is 0 Å². The zero-order chi connectivity index (χ0) is 22.0. The minimum atomic E-state index is -1.14. The van der Waals surface area contributed by atoms with Crippen molar-refractivity contribution in [3.8, 4) is 11.3 Å². The number of aliphatic hydroxyl groups excluding tert-OH is 2. The number of aliphatic hydroxyl groups is 2. The molecule has 31 heavy (non-hydrogen) atoms. The third kappa shape index (κ3) is 4.95. The minimum Gasteiger partial charge on any atom is -0.481 e. The van der Waals surface area contributed by atoms with E-state index in [1.807, 2.05) is 28.8 Å². The number of carboxylic acid groups (broad SMARTS) is 1. The van der Waals surface area contributed by atoms with E-state index in [0.717, 1.165) is 41.0 Å². The first kappa shape index (κ1) is 21.1. The zero-order valence-corrected chi connectivity index (χ0v) is 16.9. The number of halogens is 1. The Kier molecular flexibility index (Phi) is 6.06. The summed E-state index contributed by atoms with van der Waals surface area (Å²) in [4.78, 5) is 15.6. The molecule has 3 aromatic rings. The monoisotopic (exact) mass is 423 g/mol. The Hall–Kier alpha value is -3.16. The molecule has 1 fully saturated rings. The number of carbonyl (C=O) groups is 1. The van der Waals surface area contributed by atoms with Gasteiger partial charge < -0.3 is 15.3 Å². The first-order valence-corrected chi connectivity index (χ1v) is 10.3. The van der Waals surface area contributed by atoms with E-state index >= 15 is 0 Å². The maximum Gasteiger partial charge on any atom is 0.328 e. The Morgan fingerprint density at radius 1 is 1.19 bits per heavy atom. The lowest BCUT2D eigenvalue weighted by Gasteiger charge is -2.12. The molecule has 1 saturated carbocycles. The number of nitrogens with zero attached hydrogens (tertiary/aromatic N) is 2. The predicted molar refractivity (Wildman–Crippen MR) is 113 cm³/mol. The molecular weight excluding hydrogens is 399 g/mol. The maximum absolute atomic E-state index is 13.6. The molecule has 6 nitrogen and oxygen atoms in total. The van der Waals surface area contributed by atoms with Gasteiger partial charge in [0.05, 0.1) is 30.4 Å². The van der Waals surface area contributed by atoms with Crippen LogP contribution in [0.5, 0.6) is 0 Å². The van der Waals surface area contributed by atoms with Gasteiger partial charge >= 0.3 is 11.6 Å². The lowest BCUT2D eigenvalue weighted by molar-refractivity contribution is -0.502. The van der Waals surface area contributed by atoms with Crippen molar-refractivity contribution in [1.82, 2.24) is 4.98 Å². The number of hydrogen-bond donors (Lipinski definition) is 3. The van der Waals surface area contributed by atoms with E-state index in [0.29, 0.717) is 5.92 Å². The van der Waals surface area contributed by atoms with Gasteiger partial charge in [0.25, 0.3) is 0 Å². The molecule has 0 bridgehead atoms. The van der Waals surface area contributed by atoms with E-state index in [-0.39, 0.29) is 12.2 Å². The number of hydrogen-bond acceptors (Lipinski definition) is 4. The van der Waals surface area contributed by atoms with Gasteiger partial charge in [0, 0.05) is 24.0 Å². The Balaban J connectivity index is 1.79. The lowest BCUT2D eigenvalue weighted by atomic mass is 9.99. The third-order valence-electron chi connectivity index (χ3n) is 5.34. The summed E-state index contributed by atoms with van der Waals surface area (Å²) in [6, 6.07) is 12.0. The Morgan fingerprint density at radius 2 is 1.94 bits per heavy atom. The van der Waals surface area contributed by atoms with Crippen molar-refractivity contribution >= 4 is 17.7 Å². The quantitative estimate of drug-likeness (QED) is 0.484. The highest BCUT2D eigenvalue weighted by molar-refractivity contribution is 5.73. The largest absolute Gasteiger partial charge is 0.481 e. The first-order chi connectivity index (χ1) is 14.9. The summed E-state index contributed by atoms with van der Waals surface area (Å²) in [5.41, 5.74) is 4.16. The van der Waals surface area contributed by atoms with Gasteiger partial charge in [0.2, 0.25) is 0 Å². The summed E-state index contributed by atoms with van der Waals surface area (Å²) < 4.78 is 15.5. The number of rotatable bonds is 8. The van der Waals surface area contributed by atoms with E-state index in [1.165, 1.54) is 12.1 Å². The second-order valence-corrected chi connectivity index (χ2v) is 7.88. The molecule has 2 atom stereocenters. The molecule has 3 N–H and O–H groups in total. The molecule has 160 valence electrons.